The molecule has 0 amide bonds. The quantitative estimate of drug-likeness (QED) is 0.663. The summed E-state index contributed by atoms with van der Waals surface area (Å²) in [5.74, 6) is 0.678. The summed E-state index contributed by atoms with van der Waals surface area (Å²) in [7, 11) is 0. The smallest absolute Gasteiger partial charge is 0.338 e. The molecule has 0 aromatic heterocycles. The van der Waals surface area contributed by atoms with E-state index >= 15 is 0 Å². The molecule has 2 nitrogen and oxygen atoms in total. The Labute approximate surface area is 121 Å². The predicted molar refractivity (Wildman–Crippen MR) is 80.4 cm³/mol. The molecular formula is C18H24O2. The van der Waals surface area contributed by atoms with Crippen LogP contribution in [0, 0.1) is 5.92 Å². The van der Waals surface area contributed by atoms with Gasteiger partial charge in [0, 0.05) is 5.92 Å². The van der Waals surface area contributed by atoms with E-state index in [1.807, 2.05) is 0 Å². The third-order valence-corrected chi connectivity index (χ3v) is 5.96. The van der Waals surface area contributed by atoms with E-state index in [0.29, 0.717) is 18.4 Å². The summed E-state index contributed by atoms with van der Waals surface area (Å²) >= 11 is 0. The molecule has 0 fully saturated rings. The van der Waals surface area contributed by atoms with E-state index in [-0.39, 0.29) is 16.8 Å². The fourth-order valence-corrected chi connectivity index (χ4v) is 4.00. The van der Waals surface area contributed by atoms with Gasteiger partial charge in [-0.25, -0.2) is 4.79 Å². The lowest BCUT2D eigenvalue weighted by Gasteiger charge is -2.32. The number of hydrogen-bond donors (Lipinski definition) is 0. The van der Waals surface area contributed by atoms with E-state index in [2.05, 4.69) is 53.7 Å². The van der Waals surface area contributed by atoms with Crippen LogP contribution in [0.4, 0.5) is 0 Å². The van der Waals surface area contributed by atoms with Gasteiger partial charge in [0.25, 0.3) is 0 Å². The SMILES string of the molecule is CC1C(C)(C)c2cc3c(cc2C1(C)C)[C@H](C)COC3=O. The first-order valence-corrected chi connectivity index (χ1v) is 7.53. The molecule has 20 heavy (non-hydrogen) atoms. The third-order valence-electron chi connectivity index (χ3n) is 5.96. The Bertz CT molecular complexity index is 596. The first-order valence-electron chi connectivity index (χ1n) is 7.53. The van der Waals surface area contributed by atoms with Gasteiger partial charge in [-0.15, -0.1) is 0 Å². The van der Waals surface area contributed by atoms with Crippen molar-refractivity contribution in [2.75, 3.05) is 6.61 Å². The van der Waals surface area contributed by atoms with E-state index in [9.17, 15) is 4.79 Å². The van der Waals surface area contributed by atoms with Crippen molar-refractivity contribution in [3.63, 3.8) is 0 Å². The largest absolute Gasteiger partial charge is 0.461 e. The Balaban J connectivity index is 2.30. The summed E-state index contributed by atoms with van der Waals surface area (Å²) in [5, 5.41) is 0. The van der Waals surface area contributed by atoms with Crippen molar-refractivity contribution < 1.29 is 9.53 Å². The first-order chi connectivity index (χ1) is 9.17. The van der Waals surface area contributed by atoms with Crippen molar-refractivity contribution in [1.29, 1.82) is 0 Å². The average molecular weight is 272 g/mol. The fourth-order valence-electron chi connectivity index (χ4n) is 4.00. The molecule has 2 atom stereocenters. The maximum atomic E-state index is 12.1. The Morgan fingerprint density at radius 2 is 1.60 bits per heavy atom. The maximum absolute atomic E-state index is 12.1. The van der Waals surface area contributed by atoms with Crippen LogP contribution in [0.1, 0.15) is 74.5 Å². The van der Waals surface area contributed by atoms with E-state index in [0.717, 1.165) is 11.1 Å². The highest BCUT2D eigenvalue weighted by atomic mass is 16.5. The molecule has 0 bridgehead atoms. The number of carbonyl (C=O) groups is 1. The van der Waals surface area contributed by atoms with Crippen LogP contribution in [0.5, 0.6) is 0 Å². The highest BCUT2D eigenvalue weighted by Crippen LogP contribution is 2.54. The normalized spacial score (nSPS) is 29.6. The van der Waals surface area contributed by atoms with Crippen molar-refractivity contribution in [1.82, 2.24) is 0 Å². The van der Waals surface area contributed by atoms with Gasteiger partial charge in [-0.05, 0) is 39.5 Å². The molecule has 0 N–H and O–H groups in total. The molecule has 0 saturated heterocycles. The number of hydrogen-bond acceptors (Lipinski definition) is 2. The second-order valence-corrected chi connectivity index (χ2v) is 7.65. The van der Waals surface area contributed by atoms with Gasteiger partial charge in [-0.3, -0.25) is 0 Å². The Morgan fingerprint density at radius 3 is 2.20 bits per heavy atom. The lowest BCUT2D eigenvalue weighted by Crippen LogP contribution is -2.30. The van der Waals surface area contributed by atoms with Crippen LogP contribution in [0.2, 0.25) is 0 Å². The second-order valence-electron chi connectivity index (χ2n) is 7.65. The van der Waals surface area contributed by atoms with E-state index in [4.69, 9.17) is 4.74 Å². The van der Waals surface area contributed by atoms with Gasteiger partial charge >= 0.3 is 5.97 Å². The van der Waals surface area contributed by atoms with E-state index in [1.165, 1.54) is 11.1 Å². The minimum absolute atomic E-state index is 0.0921. The molecule has 108 valence electrons. The Morgan fingerprint density at radius 1 is 1.05 bits per heavy atom. The Hall–Kier alpha value is -1.31. The number of esters is 1. The van der Waals surface area contributed by atoms with Crippen molar-refractivity contribution >= 4 is 5.97 Å². The molecule has 0 saturated carbocycles. The molecule has 1 aliphatic carbocycles. The zero-order chi connectivity index (χ0) is 14.9. The highest BCUT2D eigenvalue weighted by molar-refractivity contribution is 5.93. The molecule has 2 aliphatic rings. The Kier molecular flexibility index (Phi) is 2.64. The molecule has 1 aliphatic heterocycles. The van der Waals surface area contributed by atoms with Gasteiger partial charge < -0.3 is 4.74 Å². The van der Waals surface area contributed by atoms with Crippen molar-refractivity contribution in [2.45, 2.75) is 58.3 Å². The van der Waals surface area contributed by atoms with Gasteiger partial charge in [0.1, 0.15) is 0 Å². The minimum atomic E-state index is -0.158. The summed E-state index contributed by atoms with van der Waals surface area (Å²) in [5.41, 5.74) is 4.91. The fraction of sp³-hybridized carbons (Fsp3) is 0.611. The van der Waals surface area contributed by atoms with Crippen molar-refractivity contribution in [2.24, 2.45) is 5.92 Å². The maximum Gasteiger partial charge on any atom is 0.338 e. The van der Waals surface area contributed by atoms with Gasteiger partial charge in [-0.2, -0.15) is 0 Å². The summed E-state index contributed by atoms with van der Waals surface area (Å²) in [6.45, 7) is 14.2. The summed E-state index contributed by atoms with van der Waals surface area (Å²) in [6.07, 6.45) is 0. The number of carbonyl (C=O) groups excluding carboxylic acids is 1. The highest BCUT2D eigenvalue weighted by Gasteiger charge is 2.49. The molecule has 1 heterocycles. The van der Waals surface area contributed by atoms with Gasteiger partial charge in [0.2, 0.25) is 0 Å². The van der Waals surface area contributed by atoms with Crippen LogP contribution in [-0.4, -0.2) is 12.6 Å². The lowest BCUT2D eigenvalue weighted by atomic mass is 9.71. The van der Waals surface area contributed by atoms with E-state index in [1.54, 1.807) is 0 Å². The zero-order valence-electron chi connectivity index (χ0n) is 13.3. The summed E-state index contributed by atoms with van der Waals surface area (Å²) < 4.78 is 5.28. The van der Waals surface area contributed by atoms with E-state index < -0.39 is 0 Å². The third kappa shape index (κ3) is 1.54. The summed E-state index contributed by atoms with van der Waals surface area (Å²) in [6, 6.07) is 4.38. The molecule has 0 spiro atoms. The molecular weight excluding hydrogens is 248 g/mol. The van der Waals surface area contributed by atoms with Crippen LogP contribution in [0.25, 0.3) is 0 Å². The number of cyclic esters (lactones) is 1. The number of ether oxygens (including phenoxy) is 1. The standard InChI is InChI=1S/C18H24O2/c1-10-9-20-16(19)13-8-15-14(7-12(10)13)17(3,4)11(2)18(15,5)6/h7-8,10-11H,9H2,1-6H3/t10-,11?/m1/s1. The van der Waals surface area contributed by atoms with Gasteiger partial charge in [-0.1, -0.05) is 47.6 Å². The summed E-state index contributed by atoms with van der Waals surface area (Å²) in [4.78, 5) is 12.1. The van der Waals surface area contributed by atoms with Gasteiger partial charge in [0.15, 0.2) is 0 Å². The minimum Gasteiger partial charge on any atom is -0.461 e. The number of fused-ring (bicyclic) bond motifs is 2. The van der Waals surface area contributed by atoms with Crippen LogP contribution in [0.3, 0.4) is 0 Å². The van der Waals surface area contributed by atoms with Gasteiger partial charge in [0.05, 0.1) is 12.2 Å². The topological polar surface area (TPSA) is 26.3 Å². The second kappa shape index (κ2) is 3.87. The van der Waals surface area contributed by atoms with Crippen LogP contribution in [0.15, 0.2) is 12.1 Å². The van der Waals surface area contributed by atoms with Crippen molar-refractivity contribution in [3.05, 3.63) is 34.4 Å². The molecule has 2 heteroatoms. The molecule has 0 radical (unpaired) electrons. The average Bonchev–Trinajstić information content (AvgIpc) is 2.52. The number of rotatable bonds is 0. The molecule has 1 aromatic rings. The molecule has 1 unspecified atom stereocenters. The zero-order valence-corrected chi connectivity index (χ0v) is 13.3. The number of benzene rings is 1. The monoisotopic (exact) mass is 272 g/mol. The van der Waals surface area contributed by atoms with Crippen LogP contribution >= 0.6 is 0 Å². The first kappa shape index (κ1) is 13.7. The van der Waals surface area contributed by atoms with Crippen LogP contribution < -0.4 is 0 Å². The van der Waals surface area contributed by atoms with Crippen LogP contribution in [-0.2, 0) is 15.6 Å². The molecule has 1 aromatic carbocycles. The predicted octanol–water partition coefficient (Wildman–Crippen LogP) is 4.17. The lowest BCUT2D eigenvalue weighted by molar-refractivity contribution is 0.0448. The van der Waals surface area contributed by atoms with Crippen molar-refractivity contribution in [3.8, 4) is 0 Å². The molecule has 3 rings (SSSR count).